The Morgan fingerprint density at radius 3 is 2.61 bits per heavy atom. The Kier molecular flexibility index (Phi) is 4.15. The maximum atomic E-state index is 12.4. The second-order valence-corrected chi connectivity index (χ2v) is 5.88. The molecule has 23 heavy (non-hydrogen) atoms. The van der Waals surface area contributed by atoms with E-state index in [-0.39, 0.29) is 5.91 Å². The first-order valence-electron chi connectivity index (χ1n) is 6.84. The first kappa shape index (κ1) is 15.6. The van der Waals surface area contributed by atoms with Crippen molar-refractivity contribution in [3.63, 3.8) is 0 Å². The van der Waals surface area contributed by atoms with Crippen molar-refractivity contribution in [1.29, 1.82) is 0 Å². The van der Waals surface area contributed by atoms with Crippen LogP contribution in [0.2, 0.25) is 10.0 Å². The summed E-state index contributed by atoms with van der Waals surface area (Å²) in [6.45, 7) is 3.66. The van der Waals surface area contributed by atoms with Crippen molar-refractivity contribution in [3.05, 3.63) is 57.4 Å². The number of carbonyl (C=O) groups excluding carboxylic acids is 1. The minimum atomic E-state index is -0.308. The largest absolute Gasteiger partial charge is 0.460 e. The Labute approximate surface area is 142 Å². The lowest BCUT2D eigenvalue weighted by molar-refractivity contribution is 0.102. The molecule has 7 heteroatoms. The highest BCUT2D eigenvalue weighted by molar-refractivity contribution is 6.42. The average molecular weight is 350 g/mol. The number of H-pyrrole nitrogens is 1. The van der Waals surface area contributed by atoms with E-state index >= 15 is 0 Å². The third kappa shape index (κ3) is 3.11. The number of rotatable bonds is 3. The van der Waals surface area contributed by atoms with Gasteiger partial charge in [-0.15, -0.1) is 0 Å². The molecule has 1 amide bonds. The van der Waals surface area contributed by atoms with Gasteiger partial charge < -0.3 is 9.73 Å². The number of furan rings is 1. The molecule has 2 heterocycles. The lowest BCUT2D eigenvalue weighted by atomic mass is 10.2. The maximum absolute atomic E-state index is 12.4. The van der Waals surface area contributed by atoms with Crippen LogP contribution < -0.4 is 5.32 Å². The number of amides is 1. The van der Waals surface area contributed by atoms with Crippen LogP contribution >= 0.6 is 23.2 Å². The van der Waals surface area contributed by atoms with Gasteiger partial charge in [0, 0.05) is 5.56 Å². The number of nitrogens with zero attached hydrogens (tertiary/aromatic N) is 1. The van der Waals surface area contributed by atoms with Crippen LogP contribution in [-0.4, -0.2) is 16.1 Å². The fraction of sp³-hybridized carbons (Fsp3) is 0.125. The van der Waals surface area contributed by atoms with Crippen LogP contribution in [0.25, 0.3) is 11.5 Å². The van der Waals surface area contributed by atoms with Crippen molar-refractivity contribution >= 4 is 34.8 Å². The van der Waals surface area contributed by atoms with E-state index in [4.69, 9.17) is 27.6 Å². The van der Waals surface area contributed by atoms with Crippen LogP contribution in [0, 0.1) is 13.8 Å². The summed E-state index contributed by atoms with van der Waals surface area (Å²) in [6, 6.07) is 8.35. The van der Waals surface area contributed by atoms with Gasteiger partial charge in [-0.05, 0) is 44.2 Å². The Balaban J connectivity index is 1.92. The van der Waals surface area contributed by atoms with E-state index in [2.05, 4.69) is 15.5 Å². The van der Waals surface area contributed by atoms with Crippen LogP contribution in [0.3, 0.4) is 0 Å². The van der Waals surface area contributed by atoms with Crippen LogP contribution in [0.4, 0.5) is 5.69 Å². The number of aromatic nitrogens is 2. The number of aryl methyl sites for hydroxylation is 2. The molecule has 0 saturated carbocycles. The predicted molar refractivity (Wildman–Crippen MR) is 90.2 cm³/mol. The molecule has 2 N–H and O–H groups in total. The second-order valence-electron chi connectivity index (χ2n) is 5.07. The SMILES string of the molecule is Cc1ccc(-c2n[nH]c(C)c2NC(=O)c2ccc(Cl)c(Cl)c2)o1. The van der Waals surface area contributed by atoms with Gasteiger partial charge in [0.15, 0.2) is 11.5 Å². The van der Waals surface area contributed by atoms with E-state index in [1.165, 1.54) is 6.07 Å². The summed E-state index contributed by atoms with van der Waals surface area (Å²) < 4.78 is 5.57. The number of hydrogen-bond acceptors (Lipinski definition) is 3. The zero-order valence-corrected chi connectivity index (χ0v) is 13.9. The van der Waals surface area contributed by atoms with Gasteiger partial charge in [-0.25, -0.2) is 0 Å². The smallest absolute Gasteiger partial charge is 0.255 e. The molecule has 0 bridgehead atoms. The van der Waals surface area contributed by atoms with Crippen molar-refractivity contribution in [2.24, 2.45) is 0 Å². The van der Waals surface area contributed by atoms with Gasteiger partial charge in [0.25, 0.3) is 5.91 Å². The topological polar surface area (TPSA) is 70.9 Å². The molecule has 5 nitrogen and oxygen atoms in total. The van der Waals surface area contributed by atoms with Crippen molar-refractivity contribution in [3.8, 4) is 11.5 Å². The molecule has 0 unspecified atom stereocenters. The molecule has 0 radical (unpaired) electrons. The molecule has 0 atom stereocenters. The molecule has 0 aliphatic rings. The molecule has 3 aromatic rings. The first-order valence-corrected chi connectivity index (χ1v) is 7.59. The van der Waals surface area contributed by atoms with Gasteiger partial charge in [-0.2, -0.15) is 5.10 Å². The quantitative estimate of drug-likeness (QED) is 0.710. The fourth-order valence-corrected chi connectivity index (χ4v) is 2.44. The molecule has 0 aliphatic carbocycles. The third-order valence-electron chi connectivity index (χ3n) is 3.34. The van der Waals surface area contributed by atoms with Gasteiger partial charge in [0.05, 0.1) is 21.4 Å². The van der Waals surface area contributed by atoms with Crippen molar-refractivity contribution in [2.75, 3.05) is 5.32 Å². The van der Waals surface area contributed by atoms with Gasteiger partial charge in [0.2, 0.25) is 0 Å². The summed E-state index contributed by atoms with van der Waals surface area (Å²) in [5, 5.41) is 10.6. The first-order chi connectivity index (χ1) is 11.0. The summed E-state index contributed by atoms with van der Waals surface area (Å²) in [7, 11) is 0. The molecule has 0 aliphatic heterocycles. The third-order valence-corrected chi connectivity index (χ3v) is 4.08. The van der Waals surface area contributed by atoms with Crippen LogP contribution in [0.5, 0.6) is 0 Å². The Bertz CT molecular complexity index is 883. The summed E-state index contributed by atoms with van der Waals surface area (Å²) >= 11 is 11.8. The van der Waals surface area contributed by atoms with E-state index < -0.39 is 0 Å². The van der Waals surface area contributed by atoms with E-state index in [9.17, 15) is 4.79 Å². The Hall–Kier alpha value is -2.24. The highest BCUT2D eigenvalue weighted by atomic mass is 35.5. The van der Waals surface area contributed by atoms with Gasteiger partial charge in [-0.1, -0.05) is 23.2 Å². The lowest BCUT2D eigenvalue weighted by Gasteiger charge is -2.07. The number of benzene rings is 1. The molecule has 2 aromatic heterocycles. The van der Waals surface area contributed by atoms with E-state index in [1.54, 1.807) is 18.2 Å². The number of carbonyl (C=O) groups is 1. The zero-order chi connectivity index (χ0) is 16.6. The number of aromatic amines is 1. The van der Waals surface area contributed by atoms with E-state index in [0.717, 1.165) is 11.5 Å². The van der Waals surface area contributed by atoms with Crippen LogP contribution in [-0.2, 0) is 0 Å². The van der Waals surface area contributed by atoms with Crippen LogP contribution in [0.15, 0.2) is 34.7 Å². The van der Waals surface area contributed by atoms with Crippen molar-refractivity contribution in [2.45, 2.75) is 13.8 Å². The highest BCUT2D eigenvalue weighted by Gasteiger charge is 2.18. The molecule has 3 rings (SSSR count). The molecule has 0 spiro atoms. The molecule has 1 aromatic carbocycles. The summed E-state index contributed by atoms with van der Waals surface area (Å²) in [4.78, 5) is 12.4. The van der Waals surface area contributed by atoms with Gasteiger partial charge in [-0.3, -0.25) is 9.89 Å². The summed E-state index contributed by atoms with van der Waals surface area (Å²) in [5.74, 6) is 1.04. The van der Waals surface area contributed by atoms with Crippen molar-refractivity contribution < 1.29 is 9.21 Å². The maximum Gasteiger partial charge on any atom is 0.255 e. The standard InChI is InChI=1S/C16H13Cl2N3O2/c1-8-3-6-13(23-8)15-14(9(2)20-21-15)19-16(22)10-4-5-11(17)12(18)7-10/h3-7H,1-2H3,(H,19,22)(H,20,21). The van der Waals surface area contributed by atoms with E-state index in [0.29, 0.717) is 32.8 Å². The molecule has 118 valence electrons. The minimum Gasteiger partial charge on any atom is -0.460 e. The lowest BCUT2D eigenvalue weighted by Crippen LogP contribution is -2.12. The Morgan fingerprint density at radius 1 is 1.17 bits per heavy atom. The zero-order valence-electron chi connectivity index (χ0n) is 12.4. The van der Waals surface area contributed by atoms with Crippen molar-refractivity contribution in [1.82, 2.24) is 10.2 Å². The highest BCUT2D eigenvalue weighted by Crippen LogP contribution is 2.30. The van der Waals surface area contributed by atoms with Gasteiger partial charge in [0.1, 0.15) is 5.76 Å². The summed E-state index contributed by atoms with van der Waals surface area (Å²) in [6.07, 6.45) is 0. The predicted octanol–water partition coefficient (Wildman–Crippen LogP) is 4.85. The molecular weight excluding hydrogens is 337 g/mol. The Morgan fingerprint density at radius 2 is 1.96 bits per heavy atom. The number of nitrogens with one attached hydrogen (secondary N) is 2. The monoisotopic (exact) mass is 349 g/mol. The number of hydrogen-bond donors (Lipinski definition) is 2. The normalized spacial score (nSPS) is 10.8. The van der Waals surface area contributed by atoms with E-state index in [1.807, 2.05) is 19.9 Å². The second kappa shape index (κ2) is 6.10. The van der Waals surface area contributed by atoms with Gasteiger partial charge >= 0.3 is 0 Å². The number of halogens is 2. The fourth-order valence-electron chi connectivity index (χ4n) is 2.15. The van der Waals surface area contributed by atoms with Crippen LogP contribution in [0.1, 0.15) is 21.8 Å². The minimum absolute atomic E-state index is 0.308. The summed E-state index contributed by atoms with van der Waals surface area (Å²) in [5.41, 5.74) is 2.24. The average Bonchev–Trinajstić information content (AvgIpc) is 3.09. The molecular formula is C16H13Cl2N3O2. The molecule has 0 saturated heterocycles. The molecule has 0 fully saturated rings. The number of anilines is 1.